The van der Waals surface area contributed by atoms with Gasteiger partial charge < -0.3 is 9.30 Å². The van der Waals surface area contributed by atoms with Crippen molar-refractivity contribution in [2.24, 2.45) is 5.41 Å². The highest BCUT2D eigenvalue weighted by molar-refractivity contribution is 6.16. The molecule has 4 heteroatoms. The summed E-state index contributed by atoms with van der Waals surface area (Å²) in [4.78, 5) is 4.57. The monoisotopic (exact) mass is 266 g/mol. The van der Waals surface area contributed by atoms with Gasteiger partial charge in [-0.1, -0.05) is 20.8 Å². The third kappa shape index (κ3) is 2.61. The number of nitrogens with zero attached hydrogens (tertiary/aromatic N) is 2. The van der Waals surface area contributed by atoms with Crippen LogP contribution in [0.25, 0.3) is 11.0 Å². The Morgan fingerprint density at radius 3 is 2.61 bits per heavy atom. The number of imidazole rings is 1. The number of aromatic nitrogens is 2. The molecule has 0 atom stereocenters. The summed E-state index contributed by atoms with van der Waals surface area (Å²) in [6.45, 7) is 7.53. The van der Waals surface area contributed by atoms with Gasteiger partial charge in [0.05, 0.1) is 24.0 Å². The van der Waals surface area contributed by atoms with E-state index < -0.39 is 0 Å². The second-order valence-electron chi connectivity index (χ2n) is 5.66. The number of hydrogen-bond donors (Lipinski definition) is 0. The quantitative estimate of drug-likeness (QED) is 0.790. The molecule has 98 valence electrons. The second-order valence-corrected chi connectivity index (χ2v) is 5.93. The number of alkyl halides is 1. The molecule has 0 amide bonds. The molecule has 1 aromatic heterocycles. The van der Waals surface area contributed by atoms with Crippen LogP contribution in [-0.2, 0) is 12.4 Å². The normalized spacial score (nSPS) is 12.1. The molecule has 18 heavy (non-hydrogen) atoms. The average Bonchev–Trinajstić information content (AvgIpc) is 2.64. The van der Waals surface area contributed by atoms with E-state index in [4.69, 9.17) is 16.3 Å². The molecule has 0 aliphatic rings. The van der Waals surface area contributed by atoms with Crippen LogP contribution in [0.15, 0.2) is 18.2 Å². The molecule has 2 rings (SSSR count). The van der Waals surface area contributed by atoms with Gasteiger partial charge in [0.25, 0.3) is 0 Å². The van der Waals surface area contributed by atoms with E-state index in [2.05, 4.69) is 30.3 Å². The van der Waals surface area contributed by atoms with Crippen LogP contribution < -0.4 is 4.74 Å². The van der Waals surface area contributed by atoms with E-state index in [0.29, 0.717) is 5.88 Å². The molecule has 1 aromatic carbocycles. The summed E-state index contributed by atoms with van der Waals surface area (Å²) >= 11 is 5.99. The van der Waals surface area contributed by atoms with Crippen LogP contribution in [0.5, 0.6) is 5.75 Å². The van der Waals surface area contributed by atoms with Crippen LogP contribution in [-0.4, -0.2) is 16.7 Å². The zero-order chi connectivity index (χ0) is 13.3. The van der Waals surface area contributed by atoms with Crippen LogP contribution in [0.4, 0.5) is 0 Å². The smallest absolute Gasteiger partial charge is 0.124 e. The second kappa shape index (κ2) is 4.81. The summed E-state index contributed by atoms with van der Waals surface area (Å²) in [5.74, 6) is 2.16. The Morgan fingerprint density at radius 2 is 2.06 bits per heavy atom. The lowest BCUT2D eigenvalue weighted by atomic mass is 9.97. The minimum Gasteiger partial charge on any atom is -0.497 e. The van der Waals surface area contributed by atoms with Crippen molar-refractivity contribution in [3.63, 3.8) is 0 Å². The van der Waals surface area contributed by atoms with E-state index in [1.54, 1.807) is 7.11 Å². The van der Waals surface area contributed by atoms with Crippen molar-refractivity contribution in [3.8, 4) is 5.75 Å². The van der Waals surface area contributed by atoms with Gasteiger partial charge in [0.15, 0.2) is 0 Å². The van der Waals surface area contributed by atoms with Gasteiger partial charge in [-0.2, -0.15) is 0 Å². The average molecular weight is 267 g/mol. The first-order valence-electron chi connectivity index (χ1n) is 6.04. The molecule has 0 radical (unpaired) electrons. The fraction of sp³-hybridized carbons (Fsp3) is 0.500. The van der Waals surface area contributed by atoms with Gasteiger partial charge in [-0.05, 0) is 17.5 Å². The first-order valence-corrected chi connectivity index (χ1v) is 6.57. The van der Waals surface area contributed by atoms with Crippen molar-refractivity contribution in [2.45, 2.75) is 33.2 Å². The lowest BCUT2D eigenvalue weighted by Crippen LogP contribution is -2.17. The standard InChI is InChI=1S/C14H19ClN2O/c1-14(2,3)9-17-12-6-5-10(18-4)7-11(12)16-13(17)8-15/h5-7H,8-9H2,1-4H3. The maximum atomic E-state index is 5.99. The molecule has 0 unspecified atom stereocenters. The maximum absolute atomic E-state index is 5.99. The van der Waals surface area contributed by atoms with E-state index in [1.807, 2.05) is 18.2 Å². The Labute approximate surface area is 113 Å². The Morgan fingerprint density at radius 1 is 1.33 bits per heavy atom. The van der Waals surface area contributed by atoms with Crippen molar-refractivity contribution in [3.05, 3.63) is 24.0 Å². The molecule has 0 saturated carbocycles. The van der Waals surface area contributed by atoms with Crippen LogP contribution >= 0.6 is 11.6 Å². The third-order valence-corrected chi connectivity index (χ3v) is 3.03. The summed E-state index contributed by atoms with van der Waals surface area (Å²) in [6.07, 6.45) is 0. The summed E-state index contributed by atoms with van der Waals surface area (Å²) in [5.41, 5.74) is 2.24. The number of benzene rings is 1. The molecule has 0 bridgehead atoms. The Bertz CT molecular complexity index is 555. The van der Waals surface area contributed by atoms with Gasteiger partial charge in [-0.25, -0.2) is 4.98 Å². The molecular formula is C14H19ClN2O. The number of halogens is 1. The van der Waals surface area contributed by atoms with Crippen LogP contribution in [0.3, 0.4) is 0 Å². The topological polar surface area (TPSA) is 27.1 Å². The third-order valence-electron chi connectivity index (χ3n) is 2.79. The Kier molecular flexibility index (Phi) is 3.53. The minimum atomic E-state index is 0.189. The summed E-state index contributed by atoms with van der Waals surface area (Å²) in [5, 5.41) is 0. The molecule has 0 aliphatic heterocycles. The number of fused-ring (bicyclic) bond motifs is 1. The molecule has 2 aromatic rings. The van der Waals surface area contributed by atoms with Crippen molar-refractivity contribution >= 4 is 22.6 Å². The van der Waals surface area contributed by atoms with Gasteiger partial charge in [0.1, 0.15) is 11.6 Å². The highest BCUT2D eigenvalue weighted by Crippen LogP contribution is 2.26. The van der Waals surface area contributed by atoms with Crippen molar-refractivity contribution in [1.82, 2.24) is 9.55 Å². The Balaban J connectivity index is 2.56. The first-order chi connectivity index (χ1) is 8.44. The molecule has 0 fully saturated rings. The van der Waals surface area contributed by atoms with Gasteiger partial charge >= 0.3 is 0 Å². The van der Waals surface area contributed by atoms with E-state index in [0.717, 1.165) is 29.2 Å². The number of hydrogen-bond acceptors (Lipinski definition) is 2. The van der Waals surface area contributed by atoms with Gasteiger partial charge in [0, 0.05) is 12.6 Å². The van der Waals surface area contributed by atoms with Crippen molar-refractivity contribution in [2.75, 3.05) is 7.11 Å². The van der Waals surface area contributed by atoms with Crippen molar-refractivity contribution in [1.29, 1.82) is 0 Å². The van der Waals surface area contributed by atoms with Crippen LogP contribution in [0, 0.1) is 5.41 Å². The van der Waals surface area contributed by atoms with Gasteiger partial charge in [-0.15, -0.1) is 11.6 Å². The Hall–Kier alpha value is -1.22. The van der Waals surface area contributed by atoms with Gasteiger partial charge in [-0.3, -0.25) is 0 Å². The van der Waals surface area contributed by atoms with Crippen LogP contribution in [0.1, 0.15) is 26.6 Å². The SMILES string of the molecule is COc1ccc2c(c1)nc(CCl)n2CC(C)(C)C. The van der Waals surface area contributed by atoms with Crippen LogP contribution in [0.2, 0.25) is 0 Å². The number of methoxy groups -OCH3 is 1. The van der Waals surface area contributed by atoms with E-state index in [9.17, 15) is 0 Å². The lowest BCUT2D eigenvalue weighted by molar-refractivity contribution is 0.344. The summed E-state index contributed by atoms with van der Waals surface area (Å²) in [7, 11) is 1.66. The van der Waals surface area contributed by atoms with Gasteiger partial charge in [0.2, 0.25) is 0 Å². The van der Waals surface area contributed by atoms with E-state index in [1.165, 1.54) is 0 Å². The highest BCUT2D eigenvalue weighted by atomic mass is 35.5. The fourth-order valence-electron chi connectivity index (χ4n) is 2.04. The number of ether oxygens (including phenoxy) is 1. The fourth-order valence-corrected chi connectivity index (χ4v) is 2.24. The van der Waals surface area contributed by atoms with Crippen molar-refractivity contribution < 1.29 is 4.74 Å². The molecule has 0 saturated heterocycles. The number of rotatable bonds is 3. The molecular weight excluding hydrogens is 248 g/mol. The zero-order valence-electron chi connectivity index (χ0n) is 11.3. The first kappa shape index (κ1) is 13.2. The summed E-state index contributed by atoms with van der Waals surface area (Å²) < 4.78 is 7.42. The highest BCUT2D eigenvalue weighted by Gasteiger charge is 2.17. The molecule has 1 heterocycles. The predicted molar refractivity (Wildman–Crippen MR) is 75.3 cm³/mol. The molecule has 3 nitrogen and oxygen atoms in total. The maximum Gasteiger partial charge on any atom is 0.124 e. The predicted octanol–water partition coefficient (Wildman–Crippen LogP) is 3.83. The minimum absolute atomic E-state index is 0.189. The zero-order valence-corrected chi connectivity index (χ0v) is 12.1. The molecule has 0 spiro atoms. The van der Waals surface area contributed by atoms with E-state index >= 15 is 0 Å². The largest absolute Gasteiger partial charge is 0.497 e. The lowest BCUT2D eigenvalue weighted by Gasteiger charge is -2.20. The molecule has 0 aliphatic carbocycles. The molecule has 0 N–H and O–H groups in total. The van der Waals surface area contributed by atoms with E-state index in [-0.39, 0.29) is 5.41 Å². The summed E-state index contributed by atoms with van der Waals surface area (Å²) in [6, 6.07) is 5.95.